The van der Waals surface area contributed by atoms with Crippen LogP contribution in [-0.2, 0) is 16.6 Å². The van der Waals surface area contributed by atoms with E-state index in [0.29, 0.717) is 0 Å². The number of methoxy groups -OCH3 is 1. The Kier molecular flexibility index (Phi) is 1.19. The Hall–Kier alpha value is -1.59. The molecule has 5 heteroatoms. The molecule has 1 aromatic carbocycles. The summed E-state index contributed by atoms with van der Waals surface area (Å²) < 4.78 is 102. The molecule has 1 aromatic rings. The molecule has 4 atom stereocenters. The van der Waals surface area contributed by atoms with Gasteiger partial charge in [0.1, 0.15) is 0 Å². The van der Waals surface area contributed by atoms with E-state index in [2.05, 4.69) is 0 Å². The third-order valence-electron chi connectivity index (χ3n) is 5.36. The molecule has 1 saturated heterocycles. The Labute approximate surface area is 150 Å². The molecule has 2 aliphatic heterocycles. The van der Waals surface area contributed by atoms with Crippen LogP contribution in [0.5, 0.6) is 11.5 Å². The van der Waals surface area contributed by atoms with Crippen molar-refractivity contribution in [2.24, 2.45) is 0 Å². The Balaban J connectivity index is 2.02. The van der Waals surface area contributed by atoms with E-state index in [4.69, 9.17) is 23.2 Å². The summed E-state index contributed by atoms with van der Waals surface area (Å²) in [6.07, 6.45) is -10.1. The number of benzene rings is 1. The zero-order valence-electron chi connectivity index (χ0n) is 23.2. The molecule has 2 heterocycles. The Bertz CT molecular complexity index is 1170. The second kappa shape index (κ2) is 4.08. The lowest BCUT2D eigenvalue weighted by atomic mass is 9.49. The summed E-state index contributed by atoms with van der Waals surface area (Å²) in [5.41, 5.74) is -5.90. The number of aliphatic hydroxyl groups is 1. The molecule has 122 valence electrons. The highest BCUT2D eigenvalue weighted by Gasteiger charge is 2.72. The van der Waals surface area contributed by atoms with E-state index < -0.39 is 84.2 Å². The largest absolute Gasteiger partial charge is 0.493 e. The van der Waals surface area contributed by atoms with Crippen molar-refractivity contribution in [3.63, 3.8) is 0 Å². The second-order valence-electron chi connectivity index (χ2n) is 6.28. The Morgan fingerprint density at radius 3 is 3.30 bits per heavy atom. The predicted octanol–water partition coefficient (Wildman–Crippen LogP) is 1.05. The van der Waals surface area contributed by atoms with Crippen molar-refractivity contribution in [1.82, 2.24) is 4.90 Å². The molecule has 5 rings (SSSR count). The van der Waals surface area contributed by atoms with Crippen molar-refractivity contribution >= 4 is 5.78 Å². The normalized spacial score (nSPS) is 58.9. The highest BCUT2D eigenvalue weighted by atomic mass is 16.5. The fourth-order valence-electron chi connectivity index (χ4n) is 4.32. The highest BCUT2D eigenvalue weighted by molar-refractivity contribution is 5.90. The lowest BCUT2D eigenvalue weighted by Gasteiger charge is -2.62. The average molecular weight is 326 g/mol. The summed E-state index contributed by atoms with van der Waals surface area (Å²) in [7, 11) is -1.81. The number of hydrogen-bond donors (Lipinski definition) is 1. The summed E-state index contributed by atoms with van der Waals surface area (Å²) in [6, 6.07) is -4.41. The van der Waals surface area contributed by atoms with Crippen LogP contribution in [0.1, 0.15) is 45.4 Å². The Morgan fingerprint density at radius 2 is 2.48 bits per heavy atom. The van der Waals surface area contributed by atoms with Gasteiger partial charge in [0.05, 0.1) is 27.6 Å². The number of Topliss-reactive ketones (excluding diaryl/α,β-unsaturated/α-hetero) is 1. The molecule has 1 N–H and O–H groups in total. The standard InChI is InChI=1S/C18H21NO4/c1-19-8-7-17-14-10-3-4-12(22-2)15(14)23-16(17)11(20)5-6-18(17,21)13(19)9-10/h3-4,13,16,21H,5-9H2,1-2H3/t13-,16?,17+,18-/m1/s1/i2D3,3D,4D,5D2,9D2,13D,16D. The maximum absolute atomic E-state index is 13.3. The fraction of sp³-hybridized carbons (Fsp3) is 0.611. The summed E-state index contributed by atoms with van der Waals surface area (Å²) >= 11 is 0. The summed E-state index contributed by atoms with van der Waals surface area (Å²) in [4.78, 5) is 14.5. The smallest absolute Gasteiger partial charge is 0.174 e. The van der Waals surface area contributed by atoms with Gasteiger partial charge in [0.2, 0.25) is 0 Å². The van der Waals surface area contributed by atoms with Crippen LogP contribution in [0.3, 0.4) is 0 Å². The van der Waals surface area contributed by atoms with Crippen LogP contribution in [0.2, 0.25) is 0 Å². The van der Waals surface area contributed by atoms with Gasteiger partial charge in [0, 0.05) is 23.4 Å². The summed E-state index contributed by atoms with van der Waals surface area (Å²) in [5, 5.41) is 12.2. The highest BCUT2D eigenvalue weighted by Crippen LogP contribution is 2.64. The zero-order valence-corrected chi connectivity index (χ0v) is 12.2. The maximum Gasteiger partial charge on any atom is 0.174 e. The van der Waals surface area contributed by atoms with Crippen LogP contribution in [0.4, 0.5) is 0 Å². The van der Waals surface area contributed by atoms with Crippen molar-refractivity contribution in [3.8, 4) is 11.5 Å². The van der Waals surface area contributed by atoms with Crippen molar-refractivity contribution in [2.45, 2.75) is 48.7 Å². The molecule has 1 spiro atoms. The molecule has 2 bridgehead atoms. The van der Waals surface area contributed by atoms with E-state index >= 15 is 0 Å². The first-order valence-electron chi connectivity index (χ1n) is 12.8. The molecule has 1 saturated carbocycles. The fourth-order valence-corrected chi connectivity index (χ4v) is 4.32. The van der Waals surface area contributed by atoms with Gasteiger partial charge in [-0.15, -0.1) is 0 Å². The van der Waals surface area contributed by atoms with Gasteiger partial charge in [-0.3, -0.25) is 4.79 Å². The number of piperidine rings is 1. The second-order valence-corrected chi connectivity index (χ2v) is 6.28. The van der Waals surface area contributed by atoms with Crippen molar-refractivity contribution in [2.75, 3.05) is 20.6 Å². The van der Waals surface area contributed by atoms with Crippen molar-refractivity contribution < 1.29 is 34.5 Å². The number of likely N-dealkylation sites (tertiary alicyclic amines) is 1. The van der Waals surface area contributed by atoms with Gasteiger partial charge in [0.15, 0.2) is 23.4 Å². The van der Waals surface area contributed by atoms with Crippen molar-refractivity contribution in [3.05, 3.63) is 23.2 Å². The number of ether oxygens (including phenoxy) is 2. The number of nitrogens with zero attached hydrogens (tertiary/aromatic N) is 1. The quantitative estimate of drug-likeness (QED) is 0.836. The van der Waals surface area contributed by atoms with E-state index in [9.17, 15) is 11.3 Å². The van der Waals surface area contributed by atoms with E-state index in [1.807, 2.05) is 0 Å². The lowest BCUT2D eigenvalue weighted by molar-refractivity contribution is -0.185. The number of carbonyl (C=O) groups excluding carboxylic acids is 1. The van der Waals surface area contributed by atoms with Crippen LogP contribution in [0.25, 0.3) is 0 Å². The van der Waals surface area contributed by atoms with Gasteiger partial charge >= 0.3 is 0 Å². The third-order valence-corrected chi connectivity index (χ3v) is 5.36. The molecule has 2 aliphatic carbocycles. The molecule has 5 nitrogen and oxygen atoms in total. The molecular weight excluding hydrogens is 294 g/mol. The van der Waals surface area contributed by atoms with E-state index in [0.717, 1.165) is 4.90 Å². The first-order valence-corrected chi connectivity index (χ1v) is 7.29. The molecule has 2 fully saturated rings. The maximum atomic E-state index is 13.3. The first-order chi connectivity index (χ1) is 15.2. The topological polar surface area (TPSA) is 59.0 Å². The van der Waals surface area contributed by atoms with E-state index in [1.165, 1.54) is 7.05 Å². The molecule has 4 aliphatic rings. The SMILES string of the molecule is [2H]c1c([2H])c2c3c(c1OC([2H])([2H])[2H])OC1([2H])C(=O)C([2H])([2H])C[C@]4(O)[C@@]31CCN(C)[C@]4([2H])C2([2H])[2H]. The number of rotatable bonds is 1. The van der Waals surface area contributed by atoms with Gasteiger partial charge in [-0.05, 0) is 44.4 Å². The van der Waals surface area contributed by atoms with E-state index in [1.54, 1.807) is 0 Å². The lowest BCUT2D eigenvalue weighted by Crippen LogP contribution is -2.76. The number of ketones is 1. The molecule has 1 unspecified atom stereocenters. The number of carbonyl (C=O) groups is 1. The van der Waals surface area contributed by atoms with E-state index in [-0.39, 0.29) is 18.5 Å². The minimum atomic E-state index is -3.15. The predicted molar refractivity (Wildman–Crippen MR) is 83.0 cm³/mol. The Morgan fingerprint density at radius 1 is 1.61 bits per heavy atom. The van der Waals surface area contributed by atoms with Gasteiger partial charge in [-0.1, -0.05) is 6.04 Å². The minimum absolute atomic E-state index is 0.101. The molecule has 23 heavy (non-hydrogen) atoms. The monoisotopic (exact) mass is 326 g/mol. The summed E-state index contributed by atoms with van der Waals surface area (Å²) in [5.74, 6) is -2.89. The molecule has 0 radical (unpaired) electrons. The average Bonchev–Trinajstić information content (AvgIpc) is 2.95. The van der Waals surface area contributed by atoms with Gasteiger partial charge in [0.25, 0.3) is 0 Å². The number of likely N-dealkylation sites (N-methyl/N-ethyl adjacent to an activating group) is 1. The van der Waals surface area contributed by atoms with Crippen molar-refractivity contribution in [1.29, 1.82) is 0 Å². The van der Waals surface area contributed by atoms with Gasteiger partial charge < -0.3 is 19.5 Å². The molecule has 0 amide bonds. The molecular formula is C18H21NO4. The minimum Gasteiger partial charge on any atom is -0.493 e. The zero-order chi connectivity index (χ0) is 25.7. The number of hydrogen-bond acceptors (Lipinski definition) is 5. The first kappa shape index (κ1) is 6.73. The van der Waals surface area contributed by atoms with Gasteiger partial charge in [-0.2, -0.15) is 0 Å². The van der Waals surface area contributed by atoms with Gasteiger partial charge in [-0.25, -0.2) is 0 Å². The van der Waals surface area contributed by atoms with Crippen LogP contribution in [-0.4, -0.2) is 54.1 Å². The van der Waals surface area contributed by atoms with Crippen LogP contribution < -0.4 is 9.47 Å². The van der Waals surface area contributed by atoms with Crippen LogP contribution in [0.15, 0.2) is 12.1 Å². The summed E-state index contributed by atoms with van der Waals surface area (Å²) in [6.45, 7) is -0.101. The van der Waals surface area contributed by atoms with Crippen LogP contribution >= 0.6 is 0 Å². The van der Waals surface area contributed by atoms with Crippen LogP contribution in [0, 0.1) is 0 Å². The molecule has 0 aromatic heterocycles. The third kappa shape index (κ3) is 1.32.